The molecule has 0 aromatic carbocycles. The fourth-order valence-electron chi connectivity index (χ4n) is 0.974. The summed E-state index contributed by atoms with van der Waals surface area (Å²) in [7, 11) is 0. The molecule has 0 fully saturated rings. The molecule has 0 aliphatic carbocycles. The summed E-state index contributed by atoms with van der Waals surface area (Å²) in [4.78, 5) is 11.3. The van der Waals surface area contributed by atoms with Crippen molar-refractivity contribution in [2.75, 3.05) is 6.61 Å². The quantitative estimate of drug-likeness (QED) is 0.270. The Labute approximate surface area is 86.6 Å². The van der Waals surface area contributed by atoms with Gasteiger partial charge >= 0.3 is 5.97 Å². The molecule has 0 radical (unpaired) electrons. The highest BCUT2D eigenvalue weighted by atomic mass is 16.5. The van der Waals surface area contributed by atoms with E-state index < -0.39 is 0 Å². The number of allylic oxidation sites excluding steroid dienone is 2. The van der Waals surface area contributed by atoms with Crippen LogP contribution in [-0.2, 0) is 9.53 Å². The summed E-state index contributed by atoms with van der Waals surface area (Å²) < 4.78 is 5.06. The van der Waals surface area contributed by atoms with Gasteiger partial charge in [-0.1, -0.05) is 31.9 Å². The van der Waals surface area contributed by atoms with Gasteiger partial charge in [0, 0.05) is 5.57 Å². The maximum absolute atomic E-state index is 11.3. The third kappa shape index (κ3) is 6.46. The number of esters is 1. The minimum atomic E-state index is -0.206. The fourth-order valence-corrected chi connectivity index (χ4v) is 0.974. The van der Waals surface area contributed by atoms with E-state index in [1.807, 2.05) is 6.08 Å². The lowest BCUT2D eigenvalue weighted by Gasteiger charge is -2.03. The predicted octanol–water partition coefficient (Wildman–Crippen LogP) is 3.24. The van der Waals surface area contributed by atoms with Crippen LogP contribution in [0.15, 0.2) is 24.3 Å². The van der Waals surface area contributed by atoms with Gasteiger partial charge in [-0.05, 0) is 19.8 Å². The van der Waals surface area contributed by atoms with Crippen LogP contribution in [0, 0.1) is 0 Å². The van der Waals surface area contributed by atoms with E-state index >= 15 is 0 Å². The maximum Gasteiger partial charge on any atom is 0.333 e. The van der Waals surface area contributed by atoms with Crippen LogP contribution < -0.4 is 0 Å². The SMILES string of the molecule is C=CCC=C(C)C(=O)OCCCCC. The number of hydrogen-bond donors (Lipinski definition) is 0. The second-order valence-electron chi connectivity index (χ2n) is 3.25. The lowest BCUT2D eigenvalue weighted by Crippen LogP contribution is -2.06. The average Bonchev–Trinajstić information content (AvgIpc) is 2.20. The number of carbonyl (C=O) groups is 1. The zero-order valence-electron chi connectivity index (χ0n) is 9.21. The van der Waals surface area contributed by atoms with Crippen molar-refractivity contribution >= 4 is 5.97 Å². The molecule has 0 saturated carbocycles. The molecule has 0 aromatic rings. The largest absolute Gasteiger partial charge is 0.462 e. The van der Waals surface area contributed by atoms with Crippen LogP contribution in [-0.4, -0.2) is 12.6 Å². The number of hydrogen-bond acceptors (Lipinski definition) is 2. The van der Waals surface area contributed by atoms with Crippen molar-refractivity contribution in [3.8, 4) is 0 Å². The third-order valence-electron chi connectivity index (χ3n) is 1.89. The van der Waals surface area contributed by atoms with Gasteiger partial charge in [0.05, 0.1) is 6.61 Å². The first kappa shape index (κ1) is 12.9. The van der Waals surface area contributed by atoms with Crippen molar-refractivity contribution in [3.05, 3.63) is 24.3 Å². The van der Waals surface area contributed by atoms with E-state index in [1.54, 1.807) is 13.0 Å². The normalized spacial score (nSPS) is 11.1. The highest BCUT2D eigenvalue weighted by Gasteiger charge is 2.03. The van der Waals surface area contributed by atoms with E-state index in [0.717, 1.165) is 25.7 Å². The molecule has 14 heavy (non-hydrogen) atoms. The highest BCUT2D eigenvalue weighted by Crippen LogP contribution is 2.01. The minimum Gasteiger partial charge on any atom is -0.462 e. The van der Waals surface area contributed by atoms with Crippen LogP contribution in [0.1, 0.15) is 39.5 Å². The number of unbranched alkanes of at least 4 members (excludes halogenated alkanes) is 2. The summed E-state index contributed by atoms with van der Waals surface area (Å²) in [5.74, 6) is -0.206. The number of ether oxygens (including phenoxy) is 1. The molecule has 0 rings (SSSR count). The van der Waals surface area contributed by atoms with Gasteiger partial charge in [-0.25, -0.2) is 4.79 Å². The first-order valence-electron chi connectivity index (χ1n) is 5.17. The monoisotopic (exact) mass is 196 g/mol. The van der Waals surface area contributed by atoms with Crippen LogP contribution >= 0.6 is 0 Å². The molecule has 0 heterocycles. The molecular weight excluding hydrogens is 176 g/mol. The minimum absolute atomic E-state index is 0.206. The van der Waals surface area contributed by atoms with Crippen molar-refractivity contribution < 1.29 is 9.53 Å². The topological polar surface area (TPSA) is 26.3 Å². The zero-order chi connectivity index (χ0) is 10.8. The van der Waals surface area contributed by atoms with Crippen molar-refractivity contribution in [1.82, 2.24) is 0 Å². The Morgan fingerprint density at radius 3 is 2.71 bits per heavy atom. The van der Waals surface area contributed by atoms with Crippen molar-refractivity contribution in [2.24, 2.45) is 0 Å². The van der Waals surface area contributed by atoms with E-state index in [9.17, 15) is 4.79 Å². The number of rotatable bonds is 7. The summed E-state index contributed by atoms with van der Waals surface area (Å²) >= 11 is 0. The Morgan fingerprint density at radius 2 is 2.14 bits per heavy atom. The van der Waals surface area contributed by atoms with Crippen molar-refractivity contribution in [2.45, 2.75) is 39.5 Å². The van der Waals surface area contributed by atoms with Gasteiger partial charge in [-0.3, -0.25) is 0 Å². The molecule has 0 aliphatic rings. The zero-order valence-corrected chi connectivity index (χ0v) is 9.21. The Hall–Kier alpha value is -1.05. The van der Waals surface area contributed by atoms with E-state index in [-0.39, 0.29) is 5.97 Å². The van der Waals surface area contributed by atoms with Gasteiger partial charge in [0.15, 0.2) is 0 Å². The summed E-state index contributed by atoms with van der Waals surface area (Å²) in [6.07, 6.45) is 7.52. The Balaban J connectivity index is 3.67. The van der Waals surface area contributed by atoms with Crippen LogP contribution in [0.5, 0.6) is 0 Å². The highest BCUT2D eigenvalue weighted by molar-refractivity contribution is 5.87. The maximum atomic E-state index is 11.3. The molecule has 0 aromatic heterocycles. The first-order chi connectivity index (χ1) is 6.72. The van der Waals surface area contributed by atoms with Gasteiger partial charge < -0.3 is 4.74 Å². The molecule has 2 nitrogen and oxygen atoms in total. The summed E-state index contributed by atoms with van der Waals surface area (Å²) in [6.45, 7) is 8.01. The summed E-state index contributed by atoms with van der Waals surface area (Å²) in [6, 6.07) is 0. The van der Waals surface area contributed by atoms with Crippen molar-refractivity contribution in [3.63, 3.8) is 0 Å². The van der Waals surface area contributed by atoms with Gasteiger partial charge in [-0.15, -0.1) is 6.58 Å². The Bertz CT molecular complexity index is 204. The Morgan fingerprint density at radius 1 is 1.43 bits per heavy atom. The lowest BCUT2D eigenvalue weighted by molar-refractivity contribution is -0.139. The average molecular weight is 196 g/mol. The van der Waals surface area contributed by atoms with Gasteiger partial charge in [0.1, 0.15) is 0 Å². The molecule has 80 valence electrons. The third-order valence-corrected chi connectivity index (χ3v) is 1.89. The van der Waals surface area contributed by atoms with E-state index in [4.69, 9.17) is 4.74 Å². The molecule has 0 bridgehead atoms. The van der Waals surface area contributed by atoms with E-state index in [2.05, 4.69) is 13.5 Å². The predicted molar refractivity (Wildman–Crippen MR) is 59.1 cm³/mol. The van der Waals surface area contributed by atoms with E-state index in [0.29, 0.717) is 12.2 Å². The molecule has 2 heteroatoms. The van der Waals surface area contributed by atoms with E-state index in [1.165, 1.54) is 0 Å². The smallest absolute Gasteiger partial charge is 0.333 e. The van der Waals surface area contributed by atoms with Gasteiger partial charge in [0.2, 0.25) is 0 Å². The molecule has 0 atom stereocenters. The second-order valence-corrected chi connectivity index (χ2v) is 3.25. The van der Waals surface area contributed by atoms with Crippen LogP contribution in [0.25, 0.3) is 0 Å². The van der Waals surface area contributed by atoms with Gasteiger partial charge in [0.25, 0.3) is 0 Å². The summed E-state index contributed by atoms with van der Waals surface area (Å²) in [5.41, 5.74) is 0.668. The van der Waals surface area contributed by atoms with Crippen molar-refractivity contribution in [1.29, 1.82) is 0 Å². The molecule has 0 amide bonds. The fraction of sp³-hybridized carbons (Fsp3) is 0.583. The standard InChI is InChI=1S/C12H20O2/c1-4-6-8-10-14-12(13)11(3)9-7-5-2/h5,9H,2,4,6-8,10H2,1,3H3. The molecule has 0 saturated heterocycles. The lowest BCUT2D eigenvalue weighted by atomic mass is 10.2. The first-order valence-corrected chi connectivity index (χ1v) is 5.17. The molecule has 0 unspecified atom stereocenters. The molecule has 0 N–H and O–H groups in total. The molecular formula is C12H20O2. The molecule has 0 aliphatic heterocycles. The van der Waals surface area contributed by atoms with Crippen LogP contribution in [0.4, 0.5) is 0 Å². The second kappa shape index (κ2) is 8.54. The Kier molecular flexibility index (Phi) is 7.90. The van der Waals surface area contributed by atoms with Crippen LogP contribution in [0.3, 0.4) is 0 Å². The number of carbonyl (C=O) groups excluding carboxylic acids is 1. The van der Waals surface area contributed by atoms with Gasteiger partial charge in [-0.2, -0.15) is 0 Å². The summed E-state index contributed by atoms with van der Waals surface area (Å²) in [5, 5.41) is 0. The van der Waals surface area contributed by atoms with Crippen LogP contribution in [0.2, 0.25) is 0 Å². The molecule has 0 spiro atoms.